The molecule has 1 aromatic carbocycles. The highest BCUT2D eigenvalue weighted by molar-refractivity contribution is 5.47. The molecule has 0 aliphatic carbocycles. The van der Waals surface area contributed by atoms with Crippen molar-refractivity contribution in [1.82, 2.24) is 0 Å². The summed E-state index contributed by atoms with van der Waals surface area (Å²) in [6.07, 6.45) is 2.82. The van der Waals surface area contributed by atoms with Crippen LogP contribution in [-0.4, -0.2) is 6.47 Å². The Morgan fingerprint density at radius 1 is 1.38 bits per heavy atom. The van der Waals surface area contributed by atoms with Crippen LogP contribution in [0.2, 0.25) is 0 Å². The fourth-order valence-corrected chi connectivity index (χ4v) is 1.19. The highest BCUT2D eigenvalue weighted by Crippen LogP contribution is 2.19. The number of aryl methyl sites for hydroxylation is 1. The van der Waals surface area contributed by atoms with E-state index in [-0.39, 0.29) is 0 Å². The first kappa shape index (κ1) is 9.78. The van der Waals surface area contributed by atoms with Crippen molar-refractivity contribution in [1.29, 1.82) is 0 Å². The van der Waals surface area contributed by atoms with E-state index in [1.165, 1.54) is 0 Å². The minimum Gasteiger partial charge on any atom is -0.428 e. The maximum atomic E-state index is 10.2. The largest absolute Gasteiger partial charge is 0.428 e. The van der Waals surface area contributed by atoms with Gasteiger partial charge in [-0.15, -0.1) is 0 Å². The van der Waals surface area contributed by atoms with Gasteiger partial charge in [-0.25, -0.2) is 0 Å². The summed E-state index contributed by atoms with van der Waals surface area (Å²) < 4.78 is 4.83. The predicted octanol–water partition coefficient (Wildman–Crippen LogP) is 2.38. The molecule has 1 rings (SSSR count). The Kier molecular flexibility index (Phi) is 4.03. The van der Waals surface area contributed by atoms with Gasteiger partial charge in [0.15, 0.2) is 0 Å². The molecule has 0 fully saturated rings. The number of carbonyl (C=O) groups is 1. The smallest absolute Gasteiger partial charge is 0.298 e. The number of ether oxygens (including phenoxy) is 1. The molecule has 0 aliphatic rings. The Labute approximate surface area is 78.5 Å². The van der Waals surface area contributed by atoms with Crippen LogP contribution >= 0.6 is 0 Å². The molecule has 0 unspecified atom stereocenters. The van der Waals surface area contributed by atoms with E-state index < -0.39 is 0 Å². The molecular formula is C11H13O2. The van der Waals surface area contributed by atoms with E-state index >= 15 is 0 Å². The maximum absolute atomic E-state index is 10.2. The van der Waals surface area contributed by atoms with Gasteiger partial charge in [-0.2, -0.15) is 0 Å². The average Bonchev–Trinajstić information content (AvgIpc) is 2.17. The van der Waals surface area contributed by atoms with Gasteiger partial charge in [0.05, 0.1) is 0 Å². The molecule has 0 spiro atoms. The second-order valence-corrected chi connectivity index (χ2v) is 2.78. The molecule has 0 saturated carbocycles. The molecule has 13 heavy (non-hydrogen) atoms. The molecule has 0 bridgehead atoms. The number of benzene rings is 1. The number of unbranched alkanes of at least 4 members (excludes halogenated alkanes) is 1. The molecule has 0 aromatic heterocycles. The molecule has 1 radical (unpaired) electrons. The van der Waals surface area contributed by atoms with E-state index in [0.29, 0.717) is 12.2 Å². The zero-order chi connectivity index (χ0) is 9.52. The van der Waals surface area contributed by atoms with Crippen molar-refractivity contribution in [3.8, 4) is 5.75 Å². The van der Waals surface area contributed by atoms with Gasteiger partial charge in [-0.1, -0.05) is 31.5 Å². The first-order valence-electron chi connectivity index (χ1n) is 4.36. The van der Waals surface area contributed by atoms with Crippen molar-refractivity contribution >= 4 is 6.47 Å². The van der Waals surface area contributed by atoms with Gasteiger partial charge in [-0.05, 0) is 24.5 Å². The fourth-order valence-electron chi connectivity index (χ4n) is 1.19. The lowest BCUT2D eigenvalue weighted by Gasteiger charge is -2.05. The summed E-state index contributed by atoms with van der Waals surface area (Å²) >= 11 is 0. The van der Waals surface area contributed by atoms with Crippen LogP contribution in [0.4, 0.5) is 0 Å². The lowest BCUT2D eigenvalue weighted by molar-refractivity contribution is -0.120. The lowest BCUT2D eigenvalue weighted by Crippen LogP contribution is -1.94. The van der Waals surface area contributed by atoms with Crippen LogP contribution in [0.1, 0.15) is 18.4 Å². The zero-order valence-electron chi connectivity index (χ0n) is 7.53. The highest BCUT2D eigenvalue weighted by atomic mass is 16.5. The van der Waals surface area contributed by atoms with Gasteiger partial charge in [0.1, 0.15) is 5.75 Å². The van der Waals surface area contributed by atoms with Gasteiger partial charge in [0, 0.05) is 0 Å². The normalized spacial score (nSPS) is 9.62. The van der Waals surface area contributed by atoms with E-state index in [1.807, 2.05) is 18.2 Å². The molecular weight excluding hydrogens is 164 g/mol. The minimum atomic E-state index is 0.461. The van der Waals surface area contributed by atoms with Crippen LogP contribution in [-0.2, 0) is 11.2 Å². The SMILES string of the molecule is [CH2]CCCc1ccccc1OC=O. The van der Waals surface area contributed by atoms with Crippen LogP contribution in [0.5, 0.6) is 5.75 Å². The quantitative estimate of drug-likeness (QED) is 0.645. The summed E-state index contributed by atoms with van der Waals surface area (Å²) in [6, 6.07) is 7.56. The van der Waals surface area contributed by atoms with Crippen LogP contribution in [0, 0.1) is 6.92 Å². The van der Waals surface area contributed by atoms with Crippen LogP contribution in [0.15, 0.2) is 24.3 Å². The molecule has 69 valence electrons. The second-order valence-electron chi connectivity index (χ2n) is 2.78. The summed E-state index contributed by atoms with van der Waals surface area (Å²) in [6.45, 7) is 4.23. The van der Waals surface area contributed by atoms with Gasteiger partial charge < -0.3 is 4.74 Å². The lowest BCUT2D eigenvalue weighted by atomic mass is 10.1. The van der Waals surface area contributed by atoms with Crippen molar-refractivity contribution in [3.05, 3.63) is 36.8 Å². The summed E-state index contributed by atoms with van der Waals surface area (Å²) in [5.41, 5.74) is 1.07. The second kappa shape index (κ2) is 5.36. The number of rotatable bonds is 5. The van der Waals surface area contributed by atoms with Crippen LogP contribution < -0.4 is 4.74 Å². The van der Waals surface area contributed by atoms with Crippen molar-refractivity contribution < 1.29 is 9.53 Å². The Morgan fingerprint density at radius 3 is 2.85 bits per heavy atom. The molecule has 2 heteroatoms. The van der Waals surface area contributed by atoms with Gasteiger partial charge in [-0.3, -0.25) is 4.79 Å². The van der Waals surface area contributed by atoms with E-state index in [9.17, 15) is 4.79 Å². The Morgan fingerprint density at radius 2 is 2.15 bits per heavy atom. The van der Waals surface area contributed by atoms with Gasteiger partial charge in [0.2, 0.25) is 0 Å². The van der Waals surface area contributed by atoms with E-state index in [4.69, 9.17) is 4.74 Å². The molecule has 0 aliphatic heterocycles. The molecule has 0 heterocycles. The molecule has 0 atom stereocenters. The maximum Gasteiger partial charge on any atom is 0.298 e. The van der Waals surface area contributed by atoms with E-state index in [0.717, 1.165) is 24.8 Å². The predicted molar refractivity (Wildman–Crippen MR) is 51.4 cm³/mol. The van der Waals surface area contributed by atoms with Crippen molar-refractivity contribution in [2.75, 3.05) is 0 Å². The molecule has 0 amide bonds. The van der Waals surface area contributed by atoms with Crippen molar-refractivity contribution in [2.24, 2.45) is 0 Å². The van der Waals surface area contributed by atoms with Crippen molar-refractivity contribution in [2.45, 2.75) is 19.3 Å². The molecule has 0 N–H and O–H groups in total. The Balaban J connectivity index is 2.71. The summed E-state index contributed by atoms with van der Waals surface area (Å²) in [7, 11) is 0. The summed E-state index contributed by atoms with van der Waals surface area (Å²) in [5, 5.41) is 0. The molecule has 2 nitrogen and oxygen atoms in total. The van der Waals surface area contributed by atoms with Crippen LogP contribution in [0.3, 0.4) is 0 Å². The molecule has 0 saturated heterocycles. The van der Waals surface area contributed by atoms with Crippen LogP contribution in [0.25, 0.3) is 0 Å². The van der Waals surface area contributed by atoms with E-state index in [2.05, 4.69) is 6.92 Å². The topological polar surface area (TPSA) is 26.3 Å². The van der Waals surface area contributed by atoms with Gasteiger partial charge >= 0.3 is 0 Å². The first-order chi connectivity index (χ1) is 6.38. The zero-order valence-corrected chi connectivity index (χ0v) is 7.53. The number of para-hydroxylation sites is 1. The summed E-state index contributed by atoms with van der Waals surface area (Å²) in [4.78, 5) is 10.2. The average molecular weight is 177 g/mol. The number of carbonyl (C=O) groups excluding carboxylic acids is 1. The Bertz CT molecular complexity index is 269. The number of hydrogen-bond donors (Lipinski definition) is 0. The third-order valence-electron chi connectivity index (χ3n) is 1.84. The Hall–Kier alpha value is -1.31. The van der Waals surface area contributed by atoms with E-state index in [1.54, 1.807) is 6.07 Å². The fraction of sp³-hybridized carbons (Fsp3) is 0.273. The summed E-state index contributed by atoms with van der Waals surface area (Å²) in [5.74, 6) is 0.658. The number of hydrogen-bond acceptors (Lipinski definition) is 2. The van der Waals surface area contributed by atoms with Crippen molar-refractivity contribution in [3.63, 3.8) is 0 Å². The first-order valence-corrected chi connectivity index (χ1v) is 4.36. The standard InChI is InChI=1S/C11H13O2/c1-2-3-6-10-7-4-5-8-11(10)13-9-12/h4-5,7-9H,1-3,6H2. The molecule has 1 aromatic rings. The monoisotopic (exact) mass is 177 g/mol. The minimum absolute atomic E-state index is 0.461. The third-order valence-corrected chi connectivity index (χ3v) is 1.84. The van der Waals surface area contributed by atoms with Gasteiger partial charge in [0.25, 0.3) is 6.47 Å². The third kappa shape index (κ3) is 2.90. The highest BCUT2D eigenvalue weighted by Gasteiger charge is 2.00.